The van der Waals surface area contributed by atoms with E-state index in [0.717, 1.165) is 69.3 Å². The van der Waals surface area contributed by atoms with Crippen LogP contribution in [0.1, 0.15) is 36.0 Å². The number of amides is 1. The number of benzene rings is 2. The maximum atomic E-state index is 12.3. The summed E-state index contributed by atoms with van der Waals surface area (Å²) in [5.74, 6) is -0.893. The summed E-state index contributed by atoms with van der Waals surface area (Å²) in [6.45, 7) is 5.74. The van der Waals surface area contributed by atoms with E-state index in [1.807, 2.05) is 18.3 Å². The van der Waals surface area contributed by atoms with Crippen molar-refractivity contribution in [2.45, 2.75) is 25.7 Å². The van der Waals surface area contributed by atoms with Gasteiger partial charge in [0.25, 0.3) is 11.7 Å². The standard InChI is InChI=1S/C27H28Cl2N4O2/c28-19-6-8-25-22(17-19)26(34)27(35)33(25)12-4-2-1-3-11-31-13-15-32(16-14-31)24-9-10-30-23-18-20(29)5-7-21(23)24/h5-10,17-18H,1-4,11-16H2. The summed E-state index contributed by atoms with van der Waals surface area (Å²) in [5, 5.41) is 2.34. The average Bonchev–Trinajstić information content (AvgIpc) is 3.10. The van der Waals surface area contributed by atoms with Crippen molar-refractivity contribution in [1.29, 1.82) is 0 Å². The number of piperazine rings is 1. The maximum Gasteiger partial charge on any atom is 0.299 e. The van der Waals surface area contributed by atoms with Crippen LogP contribution in [0.15, 0.2) is 48.7 Å². The number of hydrogen-bond acceptors (Lipinski definition) is 5. The van der Waals surface area contributed by atoms with Gasteiger partial charge in [0.1, 0.15) is 0 Å². The van der Waals surface area contributed by atoms with E-state index < -0.39 is 11.7 Å². The van der Waals surface area contributed by atoms with Crippen molar-refractivity contribution in [2.75, 3.05) is 49.1 Å². The zero-order chi connectivity index (χ0) is 24.4. The average molecular weight is 511 g/mol. The minimum absolute atomic E-state index is 0.421. The van der Waals surface area contributed by atoms with Gasteiger partial charge in [-0.05, 0) is 61.9 Å². The Morgan fingerprint density at radius 3 is 2.29 bits per heavy atom. The molecule has 1 aromatic heterocycles. The fourth-order valence-electron chi connectivity index (χ4n) is 5.05. The lowest BCUT2D eigenvalue weighted by molar-refractivity contribution is -0.114. The zero-order valence-corrected chi connectivity index (χ0v) is 21.1. The van der Waals surface area contributed by atoms with Gasteiger partial charge in [-0.3, -0.25) is 19.5 Å². The second-order valence-electron chi connectivity index (χ2n) is 9.18. The molecule has 2 aliphatic heterocycles. The van der Waals surface area contributed by atoms with Gasteiger partial charge in [0.15, 0.2) is 0 Å². The van der Waals surface area contributed by atoms with E-state index in [9.17, 15) is 9.59 Å². The molecule has 0 radical (unpaired) electrons. The van der Waals surface area contributed by atoms with Gasteiger partial charge in [0, 0.05) is 60.0 Å². The number of fused-ring (bicyclic) bond motifs is 2. The molecular weight excluding hydrogens is 483 g/mol. The molecule has 0 unspecified atom stereocenters. The number of nitrogens with zero attached hydrogens (tertiary/aromatic N) is 4. The number of hydrogen-bond donors (Lipinski definition) is 0. The fourth-order valence-corrected chi connectivity index (χ4v) is 5.39. The first-order chi connectivity index (χ1) is 17.0. The highest BCUT2D eigenvalue weighted by molar-refractivity contribution is 6.52. The van der Waals surface area contributed by atoms with Gasteiger partial charge in [0.2, 0.25) is 0 Å². The molecule has 1 saturated heterocycles. The minimum atomic E-state index is -0.454. The molecule has 3 aromatic rings. The van der Waals surface area contributed by atoms with Crippen molar-refractivity contribution < 1.29 is 9.59 Å². The Bertz CT molecular complexity index is 1260. The van der Waals surface area contributed by atoms with Crippen molar-refractivity contribution in [3.8, 4) is 0 Å². The first kappa shape index (κ1) is 24.0. The highest BCUT2D eigenvalue weighted by Crippen LogP contribution is 2.32. The van der Waals surface area contributed by atoms with Gasteiger partial charge in [-0.25, -0.2) is 0 Å². The number of pyridine rings is 1. The third-order valence-corrected chi connectivity index (χ3v) is 7.40. The molecule has 182 valence electrons. The number of Topliss-reactive ketones (excluding diaryl/α,β-unsaturated/α-hetero) is 1. The van der Waals surface area contributed by atoms with E-state index in [1.165, 1.54) is 5.69 Å². The van der Waals surface area contributed by atoms with Crippen molar-refractivity contribution in [1.82, 2.24) is 9.88 Å². The Morgan fingerprint density at radius 1 is 0.771 bits per heavy atom. The SMILES string of the molecule is O=C1C(=O)N(CCCCCCN2CCN(c3ccnc4cc(Cl)ccc34)CC2)c2ccc(Cl)cc21. The van der Waals surface area contributed by atoms with E-state index >= 15 is 0 Å². The van der Waals surface area contributed by atoms with E-state index in [2.05, 4.69) is 26.9 Å². The summed E-state index contributed by atoms with van der Waals surface area (Å²) in [4.78, 5) is 35.5. The minimum Gasteiger partial charge on any atom is -0.368 e. The molecule has 6 nitrogen and oxygen atoms in total. The fraction of sp³-hybridized carbons (Fsp3) is 0.370. The van der Waals surface area contributed by atoms with Gasteiger partial charge < -0.3 is 9.80 Å². The number of carbonyl (C=O) groups excluding carboxylic acids is 2. The molecule has 35 heavy (non-hydrogen) atoms. The Kier molecular flexibility index (Phi) is 7.23. The summed E-state index contributed by atoms with van der Waals surface area (Å²) in [6.07, 6.45) is 6.02. The van der Waals surface area contributed by atoms with Crippen LogP contribution in [0.5, 0.6) is 0 Å². The summed E-state index contributed by atoms with van der Waals surface area (Å²) >= 11 is 12.1. The second-order valence-corrected chi connectivity index (χ2v) is 10.1. The Labute approximate surface area is 215 Å². The Hall–Kier alpha value is -2.67. The highest BCUT2D eigenvalue weighted by Gasteiger charge is 2.35. The number of ketones is 1. The maximum absolute atomic E-state index is 12.3. The Balaban J connectivity index is 1.04. The van der Waals surface area contributed by atoms with E-state index in [-0.39, 0.29) is 0 Å². The van der Waals surface area contributed by atoms with Crippen LogP contribution >= 0.6 is 23.2 Å². The van der Waals surface area contributed by atoms with E-state index in [4.69, 9.17) is 23.2 Å². The van der Waals surface area contributed by atoms with Gasteiger partial charge in [-0.2, -0.15) is 0 Å². The number of carbonyl (C=O) groups is 2. The van der Waals surface area contributed by atoms with Crippen LogP contribution < -0.4 is 9.80 Å². The van der Waals surface area contributed by atoms with Crippen LogP contribution in [0.25, 0.3) is 10.9 Å². The summed E-state index contributed by atoms with van der Waals surface area (Å²) in [7, 11) is 0. The molecule has 1 amide bonds. The highest BCUT2D eigenvalue weighted by atomic mass is 35.5. The smallest absolute Gasteiger partial charge is 0.299 e. The normalized spacial score (nSPS) is 16.4. The van der Waals surface area contributed by atoms with Gasteiger partial charge in [0.05, 0.1) is 16.8 Å². The number of unbranched alkanes of at least 4 members (excludes halogenated alkanes) is 3. The molecule has 5 rings (SSSR count). The predicted octanol–water partition coefficient (Wildman–Crippen LogP) is 5.45. The third-order valence-electron chi connectivity index (χ3n) is 6.93. The lowest BCUT2D eigenvalue weighted by Crippen LogP contribution is -2.46. The first-order valence-corrected chi connectivity index (χ1v) is 12.9. The molecule has 0 atom stereocenters. The zero-order valence-electron chi connectivity index (χ0n) is 19.6. The van der Waals surface area contributed by atoms with Gasteiger partial charge >= 0.3 is 0 Å². The molecule has 0 bridgehead atoms. The number of halogens is 2. The molecule has 2 aromatic carbocycles. The van der Waals surface area contributed by atoms with Crippen LogP contribution in [0, 0.1) is 0 Å². The molecule has 0 saturated carbocycles. The van der Waals surface area contributed by atoms with Gasteiger partial charge in [-0.1, -0.05) is 36.0 Å². The lowest BCUT2D eigenvalue weighted by atomic mass is 10.1. The Morgan fingerprint density at radius 2 is 1.49 bits per heavy atom. The number of aromatic nitrogens is 1. The topological polar surface area (TPSA) is 56.8 Å². The molecule has 0 N–H and O–H groups in total. The molecule has 0 aliphatic carbocycles. The summed E-state index contributed by atoms with van der Waals surface area (Å²) in [5.41, 5.74) is 3.27. The van der Waals surface area contributed by atoms with Gasteiger partial charge in [-0.15, -0.1) is 0 Å². The van der Waals surface area contributed by atoms with Crippen LogP contribution in [-0.4, -0.2) is 60.8 Å². The molecule has 1 fully saturated rings. The number of anilines is 2. The molecular formula is C27H28Cl2N4O2. The monoisotopic (exact) mass is 510 g/mol. The van der Waals surface area contributed by atoms with E-state index in [0.29, 0.717) is 27.8 Å². The van der Waals surface area contributed by atoms with Crippen LogP contribution in [0.4, 0.5) is 11.4 Å². The van der Waals surface area contributed by atoms with Crippen molar-refractivity contribution in [2.24, 2.45) is 0 Å². The molecule has 2 aliphatic rings. The van der Waals surface area contributed by atoms with Crippen LogP contribution in [0.2, 0.25) is 10.0 Å². The first-order valence-electron chi connectivity index (χ1n) is 12.2. The van der Waals surface area contributed by atoms with Crippen molar-refractivity contribution in [3.05, 3.63) is 64.3 Å². The molecule has 0 spiro atoms. The van der Waals surface area contributed by atoms with Crippen molar-refractivity contribution in [3.63, 3.8) is 0 Å². The predicted molar refractivity (Wildman–Crippen MR) is 142 cm³/mol. The summed E-state index contributed by atoms with van der Waals surface area (Å²) < 4.78 is 0. The van der Waals surface area contributed by atoms with Crippen LogP contribution in [0.3, 0.4) is 0 Å². The quantitative estimate of drug-likeness (QED) is 0.297. The lowest BCUT2D eigenvalue weighted by Gasteiger charge is -2.36. The van der Waals surface area contributed by atoms with E-state index in [1.54, 1.807) is 23.1 Å². The summed E-state index contributed by atoms with van der Waals surface area (Å²) in [6, 6.07) is 13.1. The number of rotatable bonds is 8. The largest absolute Gasteiger partial charge is 0.368 e. The molecule has 8 heteroatoms. The third kappa shape index (κ3) is 5.15. The second kappa shape index (κ2) is 10.5. The van der Waals surface area contributed by atoms with Crippen LogP contribution in [-0.2, 0) is 4.79 Å². The molecule has 3 heterocycles. The van der Waals surface area contributed by atoms with Crippen molar-refractivity contribution >= 4 is 57.2 Å².